The number of fused-ring (bicyclic) bond motifs is 1. The second kappa shape index (κ2) is 3.84. The van der Waals surface area contributed by atoms with Crippen LogP contribution in [0.25, 0.3) is 0 Å². The van der Waals surface area contributed by atoms with E-state index in [2.05, 4.69) is 5.32 Å². The molecule has 0 radical (unpaired) electrons. The van der Waals surface area contributed by atoms with E-state index in [1.54, 1.807) is 4.90 Å². The SMILES string of the molecule is O=C1C2CCCCC2C(=O)N1C1CCNC1. The van der Waals surface area contributed by atoms with E-state index in [1.165, 1.54) is 0 Å². The molecule has 0 aromatic rings. The lowest BCUT2D eigenvalue weighted by atomic mass is 9.81. The number of nitrogens with zero attached hydrogens (tertiary/aromatic N) is 1. The Hall–Kier alpha value is -0.900. The topological polar surface area (TPSA) is 49.4 Å². The molecule has 3 atom stereocenters. The summed E-state index contributed by atoms with van der Waals surface area (Å²) < 4.78 is 0. The first-order valence-corrected chi connectivity index (χ1v) is 6.36. The van der Waals surface area contributed by atoms with Crippen LogP contribution in [0.4, 0.5) is 0 Å². The molecule has 1 N–H and O–H groups in total. The minimum absolute atomic E-state index is 0.0156. The van der Waals surface area contributed by atoms with Gasteiger partial charge in [-0.1, -0.05) is 12.8 Å². The van der Waals surface area contributed by atoms with Gasteiger partial charge in [0, 0.05) is 6.54 Å². The molecule has 16 heavy (non-hydrogen) atoms. The minimum Gasteiger partial charge on any atom is -0.315 e. The van der Waals surface area contributed by atoms with Crippen LogP contribution in [0.2, 0.25) is 0 Å². The van der Waals surface area contributed by atoms with Crippen LogP contribution in [0.15, 0.2) is 0 Å². The maximum Gasteiger partial charge on any atom is 0.233 e. The first-order chi connectivity index (χ1) is 7.79. The molecule has 3 unspecified atom stereocenters. The Balaban J connectivity index is 1.83. The van der Waals surface area contributed by atoms with Crippen LogP contribution in [0, 0.1) is 11.8 Å². The van der Waals surface area contributed by atoms with Gasteiger partial charge in [0.25, 0.3) is 0 Å². The number of hydrogen-bond acceptors (Lipinski definition) is 3. The summed E-state index contributed by atoms with van der Waals surface area (Å²) >= 11 is 0. The van der Waals surface area contributed by atoms with Crippen molar-refractivity contribution in [3.05, 3.63) is 0 Å². The Kier molecular flexibility index (Phi) is 2.46. The van der Waals surface area contributed by atoms with Gasteiger partial charge in [0.1, 0.15) is 0 Å². The van der Waals surface area contributed by atoms with Gasteiger partial charge in [0.2, 0.25) is 11.8 Å². The molecule has 88 valence electrons. The standard InChI is InChI=1S/C12H18N2O2/c15-11-9-3-1-2-4-10(9)12(16)14(11)8-5-6-13-7-8/h8-10,13H,1-7H2. The monoisotopic (exact) mass is 222 g/mol. The molecule has 3 aliphatic rings. The molecule has 1 aliphatic carbocycles. The van der Waals surface area contributed by atoms with Crippen LogP contribution < -0.4 is 5.32 Å². The van der Waals surface area contributed by atoms with Crippen molar-refractivity contribution < 1.29 is 9.59 Å². The predicted octanol–water partition coefficient (Wildman–Crippen LogP) is 0.524. The molecular formula is C12H18N2O2. The van der Waals surface area contributed by atoms with Crippen LogP contribution in [-0.4, -0.2) is 35.8 Å². The number of nitrogens with one attached hydrogen (secondary N) is 1. The first kappa shape index (κ1) is 10.3. The molecule has 2 heterocycles. The zero-order valence-electron chi connectivity index (χ0n) is 9.45. The van der Waals surface area contributed by atoms with Gasteiger partial charge in [-0.3, -0.25) is 14.5 Å². The lowest BCUT2D eigenvalue weighted by molar-refractivity contribution is -0.142. The summed E-state index contributed by atoms with van der Waals surface area (Å²) in [4.78, 5) is 26.0. The number of hydrogen-bond donors (Lipinski definition) is 1. The molecule has 2 saturated heterocycles. The van der Waals surface area contributed by atoms with Gasteiger partial charge in [-0.15, -0.1) is 0 Å². The molecule has 2 amide bonds. The minimum atomic E-state index is 0.0156. The number of rotatable bonds is 1. The lowest BCUT2D eigenvalue weighted by Gasteiger charge is -2.21. The summed E-state index contributed by atoms with van der Waals surface area (Å²) in [5, 5.41) is 3.23. The lowest BCUT2D eigenvalue weighted by Crippen LogP contribution is -2.41. The molecule has 4 heteroatoms. The normalized spacial score (nSPS) is 39.2. The van der Waals surface area contributed by atoms with Gasteiger partial charge >= 0.3 is 0 Å². The van der Waals surface area contributed by atoms with E-state index >= 15 is 0 Å². The average molecular weight is 222 g/mol. The third kappa shape index (κ3) is 1.39. The van der Waals surface area contributed by atoms with Crippen molar-refractivity contribution in [2.45, 2.75) is 38.1 Å². The second-order valence-corrected chi connectivity index (χ2v) is 5.19. The third-order valence-corrected chi connectivity index (χ3v) is 4.27. The van der Waals surface area contributed by atoms with Gasteiger partial charge in [-0.05, 0) is 25.8 Å². The highest BCUT2D eigenvalue weighted by molar-refractivity contribution is 6.05. The van der Waals surface area contributed by atoms with Crippen molar-refractivity contribution in [2.24, 2.45) is 11.8 Å². The summed E-state index contributed by atoms with van der Waals surface area (Å²) in [5.74, 6) is 0.260. The van der Waals surface area contributed by atoms with Crippen molar-refractivity contribution in [3.8, 4) is 0 Å². The molecule has 1 saturated carbocycles. The van der Waals surface area contributed by atoms with Crippen molar-refractivity contribution in [2.75, 3.05) is 13.1 Å². The fourth-order valence-electron chi connectivity index (χ4n) is 3.41. The van der Waals surface area contributed by atoms with Crippen molar-refractivity contribution in [1.29, 1.82) is 0 Å². The molecule has 2 aliphatic heterocycles. The van der Waals surface area contributed by atoms with Crippen LogP contribution >= 0.6 is 0 Å². The van der Waals surface area contributed by atoms with E-state index in [9.17, 15) is 9.59 Å². The van der Waals surface area contributed by atoms with E-state index < -0.39 is 0 Å². The summed E-state index contributed by atoms with van der Waals surface area (Å²) in [6, 6.07) is 0.130. The van der Waals surface area contributed by atoms with E-state index in [0.717, 1.165) is 45.2 Å². The molecular weight excluding hydrogens is 204 g/mol. The van der Waals surface area contributed by atoms with Crippen LogP contribution in [0.1, 0.15) is 32.1 Å². The highest BCUT2D eigenvalue weighted by Gasteiger charge is 2.50. The molecule has 3 rings (SSSR count). The van der Waals surface area contributed by atoms with Gasteiger partial charge in [0.05, 0.1) is 17.9 Å². The Morgan fingerprint density at radius 3 is 2.12 bits per heavy atom. The molecule has 0 aromatic heterocycles. The fourth-order valence-corrected chi connectivity index (χ4v) is 3.41. The molecule has 0 spiro atoms. The largest absolute Gasteiger partial charge is 0.315 e. The number of carbonyl (C=O) groups excluding carboxylic acids is 2. The Labute approximate surface area is 95.4 Å². The van der Waals surface area contributed by atoms with Crippen molar-refractivity contribution >= 4 is 11.8 Å². The van der Waals surface area contributed by atoms with E-state index in [-0.39, 0.29) is 29.7 Å². The molecule has 0 bridgehead atoms. The van der Waals surface area contributed by atoms with Gasteiger partial charge < -0.3 is 5.32 Å². The zero-order chi connectivity index (χ0) is 11.1. The van der Waals surface area contributed by atoms with Gasteiger partial charge in [-0.25, -0.2) is 0 Å². The van der Waals surface area contributed by atoms with Crippen LogP contribution in [-0.2, 0) is 9.59 Å². The van der Waals surface area contributed by atoms with Crippen molar-refractivity contribution in [1.82, 2.24) is 10.2 Å². The zero-order valence-corrected chi connectivity index (χ0v) is 9.45. The Morgan fingerprint density at radius 1 is 1.00 bits per heavy atom. The third-order valence-electron chi connectivity index (χ3n) is 4.27. The van der Waals surface area contributed by atoms with E-state index in [4.69, 9.17) is 0 Å². The highest BCUT2D eigenvalue weighted by atomic mass is 16.2. The maximum atomic E-state index is 12.2. The predicted molar refractivity (Wildman–Crippen MR) is 58.6 cm³/mol. The highest BCUT2D eigenvalue weighted by Crippen LogP contribution is 2.39. The molecule has 4 nitrogen and oxygen atoms in total. The Bertz CT molecular complexity index is 299. The second-order valence-electron chi connectivity index (χ2n) is 5.19. The van der Waals surface area contributed by atoms with E-state index in [0.29, 0.717) is 0 Å². The number of amides is 2. The summed E-state index contributed by atoms with van der Waals surface area (Å²) in [6.45, 7) is 1.72. The molecule has 0 aromatic carbocycles. The quantitative estimate of drug-likeness (QED) is 0.658. The van der Waals surface area contributed by atoms with Gasteiger partial charge in [0.15, 0.2) is 0 Å². The summed E-state index contributed by atoms with van der Waals surface area (Å²) in [6.07, 6.45) is 4.99. The molecule has 3 fully saturated rings. The van der Waals surface area contributed by atoms with Crippen LogP contribution in [0.3, 0.4) is 0 Å². The summed E-state index contributed by atoms with van der Waals surface area (Å²) in [5.41, 5.74) is 0. The smallest absolute Gasteiger partial charge is 0.233 e. The number of likely N-dealkylation sites (tertiary alicyclic amines) is 1. The van der Waals surface area contributed by atoms with Gasteiger partial charge in [-0.2, -0.15) is 0 Å². The first-order valence-electron chi connectivity index (χ1n) is 6.36. The number of imide groups is 1. The maximum absolute atomic E-state index is 12.2. The Morgan fingerprint density at radius 2 is 1.62 bits per heavy atom. The number of carbonyl (C=O) groups is 2. The van der Waals surface area contributed by atoms with Crippen molar-refractivity contribution in [3.63, 3.8) is 0 Å². The van der Waals surface area contributed by atoms with E-state index in [1.807, 2.05) is 0 Å². The summed E-state index contributed by atoms with van der Waals surface area (Å²) in [7, 11) is 0. The fraction of sp³-hybridized carbons (Fsp3) is 0.833. The van der Waals surface area contributed by atoms with Crippen LogP contribution in [0.5, 0.6) is 0 Å². The average Bonchev–Trinajstić information content (AvgIpc) is 2.89.